The van der Waals surface area contributed by atoms with Crippen molar-refractivity contribution in [2.45, 2.75) is 23.5 Å². The molecule has 1 heterocycles. The first-order chi connectivity index (χ1) is 13.4. The van der Waals surface area contributed by atoms with E-state index >= 15 is 0 Å². The molecule has 3 rings (SSSR count). The first-order valence-electron chi connectivity index (χ1n) is 8.72. The molecule has 0 spiro atoms. The molecule has 0 saturated carbocycles. The zero-order valence-corrected chi connectivity index (χ0v) is 16.0. The van der Waals surface area contributed by atoms with Crippen LogP contribution in [0.25, 0.3) is 0 Å². The van der Waals surface area contributed by atoms with E-state index in [0.29, 0.717) is 18.7 Å². The maximum atomic E-state index is 12.8. The summed E-state index contributed by atoms with van der Waals surface area (Å²) in [6.45, 7) is 1.75. The van der Waals surface area contributed by atoms with Gasteiger partial charge < -0.3 is 15.4 Å². The van der Waals surface area contributed by atoms with Crippen LogP contribution in [-0.4, -0.2) is 36.2 Å². The quantitative estimate of drug-likeness (QED) is 0.726. The van der Waals surface area contributed by atoms with Crippen LogP contribution in [0, 0.1) is 5.82 Å². The summed E-state index contributed by atoms with van der Waals surface area (Å²) in [4.78, 5) is 36.6. The number of amides is 2. The van der Waals surface area contributed by atoms with E-state index in [9.17, 15) is 18.8 Å². The van der Waals surface area contributed by atoms with Crippen molar-refractivity contribution >= 4 is 35.2 Å². The standard InChI is InChI=1S/C20H19FN2O4S/c1-12-19(25)23-16-10-14(4-7-17(16)28-12)20(26)27-11-18(24)22-9-8-13-2-5-15(21)6-3-13/h2-7,10,12H,8-9,11H2,1H3,(H,22,24)(H,23,25). The van der Waals surface area contributed by atoms with Gasteiger partial charge in [0.05, 0.1) is 16.5 Å². The van der Waals surface area contributed by atoms with Gasteiger partial charge in [-0.1, -0.05) is 12.1 Å². The Hall–Kier alpha value is -2.87. The second-order valence-corrected chi connectivity index (χ2v) is 7.65. The molecule has 0 saturated heterocycles. The van der Waals surface area contributed by atoms with Crippen LogP contribution in [0.2, 0.25) is 0 Å². The number of nitrogens with one attached hydrogen (secondary N) is 2. The number of benzene rings is 2. The highest BCUT2D eigenvalue weighted by atomic mass is 32.2. The number of esters is 1. The molecule has 28 heavy (non-hydrogen) atoms. The second-order valence-electron chi connectivity index (χ2n) is 6.26. The Labute approximate surface area is 165 Å². The fourth-order valence-corrected chi connectivity index (χ4v) is 3.53. The molecule has 0 fully saturated rings. The molecule has 1 atom stereocenters. The van der Waals surface area contributed by atoms with Gasteiger partial charge in [-0.2, -0.15) is 0 Å². The van der Waals surface area contributed by atoms with E-state index in [0.717, 1.165) is 10.5 Å². The van der Waals surface area contributed by atoms with Crippen molar-refractivity contribution in [1.29, 1.82) is 0 Å². The molecular weight excluding hydrogens is 383 g/mol. The molecule has 2 N–H and O–H groups in total. The average Bonchev–Trinajstić information content (AvgIpc) is 2.68. The van der Waals surface area contributed by atoms with Crippen molar-refractivity contribution in [3.05, 3.63) is 59.4 Å². The van der Waals surface area contributed by atoms with Gasteiger partial charge in [-0.05, 0) is 49.2 Å². The number of ether oxygens (including phenoxy) is 1. The first kappa shape index (κ1) is 19.9. The maximum Gasteiger partial charge on any atom is 0.338 e. The smallest absolute Gasteiger partial charge is 0.338 e. The minimum atomic E-state index is -0.644. The first-order valence-corrected chi connectivity index (χ1v) is 9.60. The molecule has 0 radical (unpaired) electrons. The number of hydrogen-bond donors (Lipinski definition) is 2. The summed E-state index contributed by atoms with van der Waals surface area (Å²) in [6.07, 6.45) is 0.542. The predicted octanol–water partition coefficient (Wildman–Crippen LogP) is 2.77. The van der Waals surface area contributed by atoms with E-state index in [1.807, 2.05) is 0 Å². The highest BCUT2D eigenvalue weighted by Gasteiger charge is 2.24. The Kier molecular flexibility index (Phi) is 6.30. The fraction of sp³-hybridized carbons (Fsp3) is 0.250. The zero-order chi connectivity index (χ0) is 20.1. The van der Waals surface area contributed by atoms with Gasteiger partial charge in [-0.15, -0.1) is 11.8 Å². The van der Waals surface area contributed by atoms with Gasteiger partial charge in [0.25, 0.3) is 5.91 Å². The summed E-state index contributed by atoms with van der Waals surface area (Å²) in [5.74, 6) is -1.50. The van der Waals surface area contributed by atoms with E-state index in [4.69, 9.17) is 4.74 Å². The normalized spacial score (nSPS) is 15.4. The van der Waals surface area contributed by atoms with Crippen LogP contribution >= 0.6 is 11.8 Å². The molecule has 0 aliphatic carbocycles. The highest BCUT2D eigenvalue weighted by molar-refractivity contribution is 8.00. The van der Waals surface area contributed by atoms with E-state index in [1.54, 1.807) is 37.3 Å². The molecule has 2 aromatic carbocycles. The lowest BCUT2D eigenvalue weighted by Crippen LogP contribution is -2.30. The number of fused-ring (bicyclic) bond motifs is 1. The van der Waals surface area contributed by atoms with E-state index in [1.165, 1.54) is 23.9 Å². The van der Waals surface area contributed by atoms with Crippen LogP contribution in [0.1, 0.15) is 22.8 Å². The zero-order valence-electron chi connectivity index (χ0n) is 15.2. The van der Waals surface area contributed by atoms with E-state index in [2.05, 4.69) is 10.6 Å². The summed E-state index contributed by atoms with van der Waals surface area (Å²) < 4.78 is 17.9. The number of thioether (sulfide) groups is 1. The Morgan fingerprint density at radius 1 is 1.21 bits per heavy atom. The molecule has 0 bridgehead atoms. The lowest BCUT2D eigenvalue weighted by Gasteiger charge is -2.21. The Bertz CT molecular complexity index is 902. The molecule has 1 unspecified atom stereocenters. The second kappa shape index (κ2) is 8.88. The molecule has 1 aliphatic heterocycles. The molecular formula is C20H19FN2O4S. The summed E-state index contributed by atoms with van der Waals surface area (Å²) in [5.41, 5.74) is 1.71. The summed E-state index contributed by atoms with van der Waals surface area (Å²) in [5, 5.41) is 5.20. The largest absolute Gasteiger partial charge is 0.452 e. The summed E-state index contributed by atoms with van der Waals surface area (Å²) in [6, 6.07) is 10.9. The Morgan fingerprint density at radius 2 is 1.96 bits per heavy atom. The summed E-state index contributed by atoms with van der Waals surface area (Å²) in [7, 11) is 0. The molecule has 2 amide bonds. The Morgan fingerprint density at radius 3 is 2.71 bits per heavy atom. The third-order valence-electron chi connectivity index (χ3n) is 4.13. The van der Waals surface area contributed by atoms with Crippen molar-refractivity contribution in [2.24, 2.45) is 0 Å². The molecule has 146 valence electrons. The van der Waals surface area contributed by atoms with Crippen LogP contribution in [0.3, 0.4) is 0 Å². The highest BCUT2D eigenvalue weighted by Crippen LogP contribution is 2.35. The van der Waals surface area contributed by atoms with Crippen molar-refractivity contribution in [3.63, 3.8) is 0 Å². The average molecular weight is 402 g/mol. The number of rotatable bonds is 6. The number of anilines is 1. The van der Waals surface area contributed by atoms with Crippen LogP contribution in [0.4, 0.5) is 10.1 Å². The number of hydrogen-bond acceptors (Lipinski definition) is 5. The van der Waals surface area contributed by atoms with E-state index < -0.39 is 18.5 Å². The van der Waals surface area contributed by atoms with Crippen LogP contribution < -0.4 is 10.6 Å². The van der Waals surface area contributed by atoms with Gasteiger partial charge in [0.2, 0.25) is 5.91 Å². The SMILES string of the molecule is CC1Sc2ccc(C(=O)OCC(=O)NCCc3ccc(F)cc3)cc2NC1=O. The molecule has 1 aliphatic rings. The molecule has 6 nitrogen and oxygen atoms in total. The van der Waals surface area contributed by atoms with Crippen molar-refractivity contribution in [3.8, 4) is 0 Å². The number of carbonyl (C=O) groups is 3. The van der Waals surface area contributed by atoms with Gasteiger partial charge in [0.1, 0.15) is 5.82 Å². The molecule has 8 heteroatoms. The maximum absolute atomic E-state index is 12.8. The van der Waals surface area contributed by atoms with Crippen molar-refractivity contribution in [2.75, 3.05) is 18.5 Å². The van der Waals surface area contributed by atoms with Crippen LogP contribution in [-0.2, 0) is 20.7 Å². The molecule has 0 aromatic heterocycles. The molecule has 2 aromatic rings. The minimum absolute atomic E-state index is 0.122. The monoisotopic (exact) mass is 402 g/mol. The minimum Gasteiger partial charge on any atom is -0.452 e. The lowest BCUT2D eigenvalue weighted by atomic mass is 10.1. The van der Waals surface area contributed by atoms with Crippen molar-refractivity contribution in [1.82, 2.24) is 5.32 Å². The predicted molar refractivity (Wildman–Crippen MR) is 104 cm³/mol. The Balaban J connectivity index is 1.46. The third-order valence-corrected chi connectivity index (χ3v) is 5.31. The third kappa shape index (κ3) is 5.10. The number of carbonyl (C=O) groups excluding carboxylic acids is 3. The lowest BCUT2D eigenvalue weighted by molar-refractivity contribution is -0.124. The van der Waals surface area contributed by atoms with Gasteiger partial charge in [0.15, 0.2) is 6.61 Å². The number of halogens is 1. The van der Waals surface area contributed by atoms with E-state index in [-0.39, 0.29) is 22.5 Å². The van der Waals surface area contributed by atoms with Crippen molar-refractivity contribution < 1.29 is 23.5 Å². The van der Waals surface area contributed by atoms with Gasteiger partial charge in [0, 0.05) is 11.4 Å². The topological polar surface area (TPSA) is 84.5 Å². The van der Waals surface area contributed by atoms with Crippen LogP contribution in [0.5, 0.6) is 0 Å². The van der Waals surface area contributed by atoms with Crippen LogP contribution in [0.15, 0.2) is 47.4 Å². The summed E-state index contributed by atoms with van der Waals surface area (Å²) >= 11 is 1.42. The fourth-order valence-electron chi connectivity index (χ4n) is 2.60. The van der Waals surface area contributed by atoms with Gasteiger partial charge >= 0.3 is 5.97 Å². The van der Waals surface area contributed by atoms with Gasteiger partial charge in [-0.3, -0.25) is 9.59 Å². The van der Waals surface area contributed by atoms with Gasteiger partial charge in [-0.25, -0.2) is 9.18 Å².